The molecule has 10 nitrogen and oxygen atoms in total. The minimum Gasteiger partial charge on any atom is -0.395 e. The van der Waals surface area contributed by atoms with Crippen LogP contribution in [-0.2, 0) is 6.54 Å². The highest BCUT2D eigenvalue weighted by Gasteiger charge is 2.21. The van der Waals surface area contributed by atoms with E-state index in [1.54, 1.807) is 4.52 Å². The first-order valence-electron chi connectivity index (χ1n) is 9.91. The summed E-state index contributed by atoms with van der Waals surface area (Å²) in [4.78, 5) is 30.1. The molecule has 30 heavy (non-hydrogen) atoms. The summed E-state index contributed by atoms with van der Waals surface area (Å²) in [5, 5.41) is 14.0. The molecule has 4 heterocycles. The van der Waals surface area contributed by atoms with Crippen molar-refractivity contribution >= 4 is 28.2 Å². The molecule has 154 valence electrons. The Morgan fingerprint density at radius 1 is 1.07 bits per heavy atom. The van der Waals surface area contributed by atoms with Crippen LogP contribution < -0.4 is 15.4 Å². The molecule has 0 saturated carbocycles. The van der Waals surface area contributed by atoms with Crippen molar-refractivity contribution in [1.82, 2.24) is 29.1 Å². The summed E-state index contributed by atoms with van der Waals surface area (Å²) >= 11 is 0. The fourth-order valence-corrected chi connectivity index (χ4v) is 3.94. The van der Waals surface area contributed by atoms with Crippen molar-refractivity contribution in [1.29, 1.82) is 0 Å². The molecule has 1 saturated heterocycles. The first-order valence-corrected chi connectivity index (χ1v) is 9.91. The lowest BCUT2D eigenvalue weighted by molar-refractivity contribution is 0.274. The first kappa shape index (κ1) is 18.5. The second kappa shape index (κ2) is 7.38. The van der Waals surface area contributed by atoms with Gasteiger partial charge in [0.1, 0.15) is 12.1 Å². The molecule has 4 aromatic rings. The minimum absolute atomic E-state index is 0.0899. The number of hydrogen-bond donors (Lipinski definition) is 1. The van der Waals surface area contributed by atoms with Gasteiger partial charge in [-0.15, -0.1) is 0 Å². The SMILES string of the molecule is Cc1cc(N2CCN(c3ccc4c(=O)n(CCO)cnc4c3)CC2)n2ncnc2n1. The summed E-state index contributed by atoms with van der Waals surface area (Å²) in [5.41, 5.74) is 2.50. The quantitative estimate of drug-likeness (QED) is 0.521. The van der Waals surface area contributed by atoms with E-state index in [1.165, 1.54) is 17.2 Å². The van der Waals surface area contributed by atoms with Crippen molar-refractivity contribution in [3.8, 4) is 0 Å². The molecule has 10 heteroatoms. The summed E-state index contributed by atoms with van der Waals surface area (Å²) in [6, 6.07) is 7.79. The van der Waals surface area contributed by atoms with Crippen molar-refractivity contribution in [3.63, 3.8) is 0 Å². The van der Waals surface area contributed by atoms with Crippen LogP contribution >= 0.6 is 0 Å². The molecule has 0 aliphatic carbocycles. The standard InChI is InChI=1S/C20H22N8O2/c1-14-10-18(28-20(24-14)21-12-23-28)26-6-4-25(5-7-26)15-2-3-16-17(11-15)22-13-27(8-9-29)19(16)30/h2-3,10-13,29H,4-9H2,1H3. The number of aromatic nitrogens is 6. The van der Waals surface area contributed by atoms with E-state index in [0.29, 0.717) is 16.7 Å². The average molecular weight is 406 g/mol. The van der Waals surface area contributed by atoms with Crippen molar-refractivity contribution in [2.24, 2.45) is 0 Å². The second-order valence-corrected chi connectivity index (χ2v) is 7.37. The Morgan fingerprint density at radius 3 is 2.67 bits per heavy atom. The molecule has 0 unspecified atom stereocenters. The summed E-state index contributed by atoms with van der Waals surface area (Å²) in [6.45, 7) is 5.47. The van der Waals surface area contributed by atoms with E-state index >= 15 is 0 Å². The maximum atomic E-state index is 12.5. The van der Waals surface area contributed by atoms with E-state index in [2.05, 4.69) is 29.9 Å². The number of aryl methyl sites for hydroxylation is 1. The van der Waals surface area contributed by atoms with Crippen molar-refractivity contribution in [2.75, 3.05) is 42.6 Å². The van der Waals surface area contributed by atoms with Gasteiger partial charge in [-0.2, -0.15) is 14.6 Å². The number of fused-ring (bicyclic) bond motifs is 2. The topological polar surface area (TPSA) is 105 Å². The van der Waals surface area contributed by atoms with Crippen molar-refractivity contribution in [3.05, 3.63) is 53.0 Å². The third-order valence-corrected chi connectivity index (χ3v) is 5.48. The van der Waals surface area contributed by atoms with Gasteiger partial charge in [-0.25, -0.2) is 9.97 Å². The zero-order valence-electron chi connectivity index (χ0n) is 16.6. The van der Waals surface area contributed by atoms with Gasteiger partial charge in [-0.05, 0) is 25.1 Å². The van der Waals surface area contributed by atoms with Crippen LogP contribution in [0.1, 0.15) is 5.69 Å². The average Bonchev–Trinajstić information content (AvgIpc) is 3.23. The molecule has 0 radical (unpaired) electrons. The van der Waals surface area contributed by atoms with Gasteiger partial charge >= 0.3 is 0 Å². The van der Waals surface area contributed by atoms with Crippen LogP contribution in [0.25, 0.3) is 16.7 Å². The van der Waals surface area contributed by atoms with Gasteiger partial charge in [0.2, 0.25) is 0 Å². The highest BCUT2D eigenvalue weighted by Crippen LogP contribution is 2.23. The van der Waals surface area contributed by atoms with Crippen LogP contribution in [-0.4, -0.2) is 67.0 Å². The second-order valence-electron chi connectivity index (χ2n) is 7.37. The largest absolute Gasteiger partial charge is 0.395 e. The van der Waals surface area contributed by atoms with E-state index in [4.69, 9.17) is 5.11 Å². The van der Waals surface area contributed by atoms with Crippen LogP contribution in [0.3, 0.4) is 0 Å². The molecule has 0 spiro atoms. The smallest absolute Gasteiger partial charge is 0.261 e. The summed E-state index contributed by atoms with van der Waals surface area (Å²) < 4.78 is 3.21. The highest BCUT2D eigenvalue weighted by molar-refractivity contribution is 5.81. The minimum atomic E-state index is -0.129. The number of piperazine rings is 1. The number of nitrogens with zero attached hydrogens (tertiary/aromatic N) is 8. The van der Waals surface area contributed by atoms with E-state index in [0.717, 1.165) is 43.4 Å². The van der Waals surface area contributed by atoms with Crippen LogP contribution in [0.15, 0.2) is 41.7 Å². The molecule has 3 aromatic heterocycles. The summed E-state index contributed by atoms with van der Waals surface area (Å²) in [7, 11) is 0. The fraction of sp³-hybridized carbons (Fsp3) is 0.350. The number of rotatable bonds is 4. The van der Waals surface area contributed by atoms with Crippen LogP contribution in [0.5, 0.6) is 0 Å². The van der Waals surface area contributed by atoms with E-state index < -0.39 is 0 Å². The van der Waals surface area contributed by atoms with Gasteiger partial charge < -0.3 is 14.9 Å². The van der Waals surface area contributed by atoms with Gasteiger partial charge in [0.25, 0.3) is 11.3 Å². The number of aliphatic hydroxyl groups excluding tert-OH is 1. The number of anilines is 2. The summed E-state index contributed by atoms with van der Waals surface area (Å²) in [5.74, 6) is 1.61. The van der Waals surface area contributed by atoms with Crippen molar-refractivity contribution < 1.29 is 5.11 Å². The van der Waals surface area contributed by atoms with Crippen molar-refractivity contribution in [2.45, 2.75) is 13.5 Å². The fourth-order valence-electron chi connectivity index (χ4n) is 3.94. The zero-order chi connectivity index (χ0) is 20.7. The molecule has 1 fully saturated rings. The van der Waals surface area contributed by atoms with Gasteiger partial charge in [0.05, 0.1) is 30.4 Å². The Labute approximate surface area is 172 Å². The molecular weight excluding hydrogens is 384 g/mol. The zero-order valence-corrected chi connectivity index (χ0v) is 16.6. The molecule has 0 atom stereocenters. The highest BCUT2D eigenvalue weighted by atomic mass is 16.3. The molecule has 1 aliphatic heterocycles. The lowest BCUT2D eigenvalue weighted by Crippen LogP contribution is -2.47. The van der Waals surface area contributed by atoms with Gasteiger partial charge in [0.15, 0.2) is 0 Å². The van der Waals surface area contributed by atoms with Crippen LogP contribution in [0, 0.1) is 6.92 Å². The van der Waals surface area contributed by atoms with E-state index in [9.17, 15) is 4.79 Å². The maximum Gasteiger partial charge on any atom is 0.261 e. The molecule has 1 N–H and O–H groups in total. The maximum absolute atomic E-state index is 12.5. The predicted molar refractivity (Wildman–Crippen MR) is 113 cm³/mol. The van der Waals surface area contributed by atoms with Crippen LogP contribution in [0.2, 0.25) is 0 Å². The first-order chi connectivity index (χ1) is 14.6. The molecule has 0 amide bonds. The molecular formula is C20H22N8O2. The van der Waals surface area contributed by atoms with E-state index in [1.807, 2.05) is 31.2 Å². The van der Waals surface area contributed by atoms with Crippen LogP contribution in [0.4, 0.5) is 11.5 Å². The lowest BCUT2D eigenvalue weighted by atomic mass is 10.2. The third kappa shape index (κ3) is 3.14. The van der Waals surface area contributed by atoms with E-state index in [-0.39, 0.29) is 18.7 Å². The third-order valence-electron chi connectivity index (χ3n) is 5.48. The Kier molecular flexibility index (Phi) is 4.55. The van der Waals surface area contributed by atoms with Gasteiger partial charge in [-0.3, -0.25) is 9.36 Å². The number of benzene rings is 1. The lowest BCUT2D eigenvalue weighted by Gasteiger charge is -2.37. The summed E-state index contributed by atoms with van der Waals surface area (Å²) in [6.07, 6.45) is 3.02. The monoisotopic (exact) mass is 406 g/mol. The molecule has 1 aliphatic rings. The number of aliphatic hydroxyl groups is 1. The molecule has 5 rings (SSSR count). The predicted octanol–water partition coefficient (Wildman–Crippen LogP) is 0.462. The molecule has 0 bridgehead atoms. The Balaban J connectivity index is 1.37. The van der Waals surface area contributed by atoms with Gasteiger partial charge in [0, 0.05) is 43.6 Å². The molecule has 1 aromatic carbocycles. The Hall–Kier alpha value is -3.53. The Bertz CT molecular complexity index is 1270. The van der Waals surface area contributed by atoms with Gasteiger partial charge in [-0.1, -0.05) is 0 Å². The Morgan fingerprint density at radius 2 is 1.87 bits per heavy atom. The normalized spacial score (nSPS) is 14.7. The number of hydrogen-bond acceptors (Lipinski definition) is 8.